The van der Waals surface area contributed by atoms with Crippen molar-refractivity contribution >= 4 is 12.0 Å². The van der Waals surface area contributed by atoms with E-state index in [0.29, 0.717) is 12.5 Å². The normalized spacial score (nSPS) is 18.7. The molecule has 3 aromatic rings. The number of rotatable bonds is 5. The van der Waals surface area contributed by atoms with E-state index in [1.54, 1.807) is 28.2 Å². The lowest BCUT2D eigenvalue weighted by Gasteiger charge is -2.34. The van der Waals surface area contributed by atoms with E-state index in [1.807, 2.05) is 43.6 Å². The molecule has 0 bridgehead atoms. The third-order valence-corrected chi connectivity index (χ3v) is 5.50. The van der Waals surface area contributed by atoms with Gasteiger partial charge in [-0.2, -0.15) is 5.10 Å². The Morgan fingerprint density at radius 2 is 1.80 bits per heavy atom. The molecule has 1 saturated carbocycles. The largest absolute Gasteiger partial charge is 0.334 e. The summed E-state index contributed by atoms with van der Waals surface area (Å²) in [5.74, 6) is 0.411. The predicted molar refractivity (Wildman–Crippen MR) is 116 cm³/mol. The third-order valence-electron chi connectivity index (χ3n) is 5.50. The first-order valence-corrected chi connectivity index (χ1v) is 10.3. The molecular formula is C22H27N7O. The number of amides is 2. The summed E-state index contributed by atoms with van der Waals surface area (Å²) in [6, 6.07) is 9.90. The molecular weight excluding hydrogens is 378 g/mol. The van der Waals surface area contributed by atoms with Gasteiger partial charge >= 0.3 is 6.03 Å². The molecule has 1 aliphatic carbocycles. The Kier molecular flexibility index (Phi) is 6.04. The number of anilines is 1. The summed E-state index contributed by atoms with van der Waals surface area (Å²) in [4.78, 5) is 23.9. The number of carbonyl (C=O) groups is 1. The van der Waals surface area contributed by atoms with E-state index in [9.17, 15) is 4.79 Å². The zero-order valence-corrected chi connectivity index (χ0v) is 17.1. The molecule has 2 amide bonds. The lowest BCUT2D eigenvalue weighted by Crippen LogP contribution is -2.49. The third kappa shape index (κ3) is 4.65. The lowest BCUT2D eigenvalue weighted by molar-refractivity contribution is 0.239. The molecule has 156 valence electrons. The number of aromatic nitrogens is 4. The average molecular weight is 406 g/mol. The van der Waals surface area contributed by atoms with E-state index in [0.717, 1.165) is 42.4 Å². The smallest absolute Gasteiger partial charge is 0.324 e. The first-order chi connectivity index (χ1) is 14.6. The highest BCUT2D eigenvalue weighted by molar-refractivity contribution is 5.90. The minimum atomic E-state index is -0.187. The predicted octanol–water partition coefficient (Wildman–Crippen LogP) is 2.86. The van der Waals surface area contributed by atoms with Gasteiger partial charge in [0.25, 0.3) is 0 Å². The van der Waals surface area contributed by atoms with Crippen molar-refractivity contribution in [1.82, 2.24) is 25.1 Å². The Labute approximate surface area is 176 Å². The SMILES string of the molecule is Cn1cc(-c2cnc(N(C(=O)NCc3ccccc3)C3CCC(N)CC3)nc2)cn1. The van der Waals surface area contributed by atoms with Crippen LogP contribution in [0.5, 0.6) is 0 Å². The summed E-state index contributed by atoms with van der Waals surface area (Å²) in [6.45, 7) is 0.455. The summed E-state index contributed by atoms with van der Waals surface area (Å²) >= 11 is 0. The molecule has 0 unspecified atom stereocenters. The fourth-order valence-corrected chi connectivity index (χ4v) is 3.80. The van der Waals surface area contributed by atoms with Gasteiger partial charge in [0.05, 0.1) is 6.20 Å². The molecule has 1 fully saturated rings. The number of hydrogen-bond acceptors (Lipinski definition) is 5. The molecule has 2 aromatic heterocycles. The molecule has 0 saturated heterocycles. The van der Waals surface area contributed by atoms with Crippen molar-refractivity contribution in [3.63, 3.8) is 0 Å². The second-order valence-electron chi connectivity index (χ2n) is 7.76. The Morgan fingerprint density at radius 1 is 1.10 bits per heavy atom. The van der Waals surface area contributed by atoms with Crippen molar-refractivity contribution in [3.05, 3.63) is 60.7 Å². The number of carbonyl (C=O) groups excluding carboxylic acids is 1. The summed E-state index contributed by atoms with van der Waals surface area (Å²) in [7, 11) is 1.87. The molecule has 1 aromatic carbocycles. The van der Waals surface area contributed by atoms with Gasteiger partial charge < -0.3 is 11.1 Å². The van der Waals surface area contributed by atoms with Gasteiger partial charge in [-0.25, -0.2) is 14.8 Å². The van der Waals surface area contributed by atoms with Crippen LogP contribution in [0.15, 0.2) is 55.1 Å². The second kappa shape index (κ2) is 9.04. The maximum atomic E-state index is 13.1. The fourth-order valence-electron chi connectivity index (χ4n) is 3.80. The van der Waals surface area contributed by atoms with Crippen molar-refractivity contribution in [2.45, 2.75) is 44.3 Å². The summed E-state index contributed by atoms with van der Waals surface area (Å²) in [5.41, 5.74) is 8.92. The van der Waals surface area contributed by atoms with E-state index >= 15 is 0 Å². The molecule has 8 heteroatoms. The molecule has 2 heterocycles. The highest BCUT2D eigenvalue weighted by Gasteiger charge is 2.30. The van der Waals surface area contributed by atoms with Crippen LogP contribution in [0.3, 0.4) is 0 Å². The van der Waals surface area contributed by atoms with Crippen molar-refractivity contribution in [2.24, 2.45) is 12.8 Å². The Morgan fingerprint density at radius 3 is 2.43 bits per heavy atom. The number of urea groups is 1. The standard InChI is InChI=1S/C22H27N7O/c1-28-15-18(14-27-28)17-12-24-21(25-13-17)29(20-9-7-19(23)8-10-20)22(30)26-11-16-5-3-2-4-6-16/h2-6,12-15,19-20H,7-11,23H2,1H3,(H,26,30). The van der Waals surface area contributed by atoms with Crippen molar-refractivity contribution in [3.8, 4) is 11.1 Å². The van der Waals surface area contributed by atoms with Gasteiger partial charge in [0.1, 0.15) is 0 Å². The highest BCUT2D eigenvalue weighted by Crippen LogP contribution is 2.26. The zero-order chi connectivity index (χ0) is 20.9. The summed E-state index contributed by atoms with van der Waals surface area (Å²) in [5, 5.41) is 7.21. The molecule has 4 rings (SSSR count). The first kappa shape index (κ1) is 20.0. The topological polar surface area (TPSA) is 102 Å². The number of nitrogens with zero attached hydrogens (tertiary/aromatic N) is 5. The number of aryl methyl sites for hydroxylation is 1. The molecule has 1 aliphatic rings. The molecule has 8 nitrogen and oxygen atoms in total. The quantitative estimate of drug-likeness (QED) is 0.680. The van der Waals surface area contributed by atoms with Crippen LogP contribution in [-0.2, 0) is 13.6 Å². The van der Waals surface area contributed by atoms with Crippen molar-refractivity contribution in [2.75, 3.05) is 4.90 Å². The second-order valence-corrected chi connectivity index (χ2v) is 7.76. The van der Waals surface area contributed by atoms with Gasteiger partial charge in [0.15, 0.2) is 0 Å². The van der Waals surface area contributed by atoms with Crippen LogP contribution in [0.1, 0.15) is 31.2 Å². The molecule has 0 aliphatic heterocycles. The van der Waals surface area contributed by atoms with Crippen LogP contribution >= 0.6 is 0 Å². The average Bonchev–Trinajstić information content (AvgIpc) is 3.21. The molecule has 0 spiro atoms. The van der Waals surface area contributed by atoms with E-state index in [-0.39, 0.29) is 18.1 Å². The minimum absolute atomic E-state index is 0.0322. The van der Waals surface area contributed by atoms with E-state index in [2.05, 4.69) is 20.4 Å². The van der Waals surface area contributed by atoms with Gasteiger partial charge in [-0.1, -0.05) is 30.3 Å². The van der Waals surface area contributed by atoms with Gasteiger partial charge in [0.2, 0.25) is 5.95 Å². The highest BCUT2D eigenvalue weighted by atomic mass is 16.2. The number of nitrogens with one attached hydrogen (secondary N) is 1. The zero-order valence-electron chi connectivity index (χ0n) is 17.1. The van der Waals surface area contributed by atoms with Crippen LogP contribution in [0.25, 0.3) is 11.1 Å². The van der Waals surface area contributed by atoms with Crippen LogP contribution in [0, 0.1) is 0 Å². The van der Waals surface area contributed by atoms with Crippen molar-refractivity contribution in [1.29, 1.82) is 0 Å². The van der Waals surface area contributed by atoms with Crippen LogP contribution in [0.2, 0.25) is 0 Å². The molecule has 0 radical (unpaired) electrons. The molecule has 3 N–H and O–H groups in total. The van der Waals surface area contributed by atoms with Crippen LogP contribution < -0.4 is 16.0 Å². The maximum Gasteiger partial charge on any atom is 0.324 e. The summed E-state index contributed by atoms with van der Waals surface area (Å²) < 4.78 is 1.73. The Hall–Kier alpha value is -3.26. The summed E-state index contributed by atoms with van der Waals surface area (Å²) in [6.07, 6.45) is 10.6. The monoisotopic (exact) mass is 405 g/mol. The van der Waals surface area contributed by atoms with E-state index in [4.69, 9.17) is 5.73 Å². The Balaban J connectivity index is 1.54. The van der Waals surface area contributed by atoms with Crippen LogP contribution in [-0.4, -0.2) is 37.9 Å². The van der Waals surface area contributed by atoms with Gasteiger partial charge in [-0.15, -0.1) is 0 Å². The van der Waals surface area contributed by atoms with E-state index in [1.165, 1.54) is 0 Å². The van der Waals surface area contributed by atoms with Gasteiger partial charge in [-0.3, -0.25) is 9.58 Å². The first-order valence-electron chi connectivity index (χ1n) is 10.3. The van der Waals surface area contributed by atoms with Gasteiger partial charge in [0, 0.05) is 55.4 Å². The molecule has 30 heavy (non-hydrogen) atoms. The number of benzene rings is 1. The van der Waals surface area contributed by atoms with Crippen molar-refractivity contribution < 1.29 is 4.79 Å². The lowest BCUT2D eigenvalue weighted by atomic mass is 9.91. The fraction of sp³-hybridized carbons (Fsp3) is 0.364. The number of nitrogens with two attached hydrogens (primary N) is 1. The van der Waals surface area contributed by atoms with E-state index < -0.39 is 0 Å². The molecule has 0 atom stereocenters. The van der Waals surface area contributed by atoms with Gasteiger partial charge in [-0.05, 0) is 31.2 Å². The Bertz CT molecular complexity index is 963. The number of hydrogen-bond donors (Lipinski definition) is 2. The maximum absolute atomic E-state index is 13.1. The van der Waals surface area contributed by atoms with Crippen LogP contribution in [0.4, 0.5) is 10.7 Å². The minimum Gasteiger partial charge on any atom is -0.334 e.